The lowest BCUT2D eigenvalue weighted by molar-refractivity contribution is 0.1000. The molecule has 1 heterocycles. The molecule has 0 spiro atoms. The molecule has 0 aliphatic heterocycles. The van der Waals surface area contributed by atoms with Crippen LogP contribution in [-0.4, -0.2) is 19.6 Å². The van der Waals surface area contributed by atoms with Crippen LogP contribution in [0, 0.1) is 0 Å². The first-order valence-corrected chi connectivity index (χ1v) is 9.46. The molecule has 1 amide bonds. The summed E-state index contributed by atoms with van der Waals surface area (Å²) in [5, 5.41) is 4.21. The number of nitrogens with two attached hydrogens (primary N) is 1. The standard InChI is InChI=1S/C21H22N2O3S.ClH/c1-25-19-13-16(21(22)24)7-9-18(19)26-20-10-8-17(27-20)14-23-12-11-15-5-3-2-4-6-15;/h2-10,13,23H,11-12,14H2,1H3,(H2,22,24);1H. The second-order valence-corrected chi connectivity index (χ2v) is 7.10. The smallest absolute Gasteiger partial charge is 0.248 e. The summed E-state index contributed by atoms with van der Waals surface area (Å²) in [7, 11) is 1.53. The van der Waals surface area contributed by atoms with Crippen molar-refractivity contribution in [2.75, 3.05) is 13.7 Å². The summed E-state index contributed by atoms with van der Waals surface area (Å²) in [6, 6.07) is 19.3. The zero-order valence-corrected chi connectivity index (χ0v) is 17.1. The molecule has 3 aromatic rings. The van der Waals surface area contributed by atoms with E-state index in [2.05, 4.69) is 29.6 Å². The van der Waals surface area contributed by atoms with Crippen LogP contribution >= 0.6 is 23.7 Å². The lowest BCUT2D eigenvalue weighted by Crippen LogP contribution is -2.15. The zero-order valence-electron chi connectivity index (χ0n) is 15.5. The van der Waals surface area contributed by atoms with Gasteiger partial charge >= 0.3 is 0 Å². The van der Waals surface area contributed by atoms with Gasteiger partial charge in [0.1, 0.15) is 0 Å². The second kappa shape index (κ2) is 10.7. The molecule has 148 valence electrons. The number of rotatable bonds is 9. The van der Waals surface area contributed by atoms with Gasteiger partial charge in [-0.25, -0.2) is 0 Å². The first kappa shape index (κ1) is 21.8. The molecule has 7 heteroatoms. The predicted molar refractivity (Wildman–Crippen MR) is 115 cm³/mol. The molecular weight excluding hydrogens is 396 g/mol. The van der Waals surface area contributed by atoms with Crippen LogP contribution in [0.15, 0.2) is 60.7 Å². The van der Waals surface area contributed by atoms with Gasteiger partial charge < -0.3 is 20.5 Å². The SMILES string of the molecule is COc1cc(C(N)=O)ccc1Oc1ccc(CNCCc2ccccc2)s1.Cl. The normalized spacial score (nSPS) is 10.2. The average molecular weight is 419 g/mol. The van der Waals surface area contributed by atoms with Crippen molar-refractivity contribution in [3.05, 3.63) is 76.7 Å². The zero-order chi connectivity index (χ0) is 19.1. The van der Waals surface area contributed by atoms with Gasteiger partial charge in [-0.3, -0.25) is 4.79 Å². The third-order valence-electron chi connectivity index (χ3n) is 4.03. The highest BCUT2D eigenvalue weighted by Crippen LogP contribution is 2.35. The van der Waals surface area contributed by atoms with E-state index in [0.717, 1.165) is 24.6 Å². The topological polar surface area (TPSA) is 73.6 Å². The van der Waals surface area contributed by atoms with Crippen molar-refractivity contribution in [1.82, 2.24) is 5.32 Å². The number of carbonyl (C=O) groups excluding carboxylic acids is 1. The van der Waals surface area contributed by atoms with Crippen molar-refractivity contribution < 1.29 is 14.3 Å². The molecule has 5 nitrogen and oxygen atoms in total. The fourth-order valence-corrected chi connectivity index (χ4v) is 3.45. The van der Waals surface area contributed by atoms with E-state index >= 15 is 0 Å². The minimum Gasteiger partial charge on any atom is -0.493 e. The Morgan fingerprint density at radius 2 is 1.86 bits per heavy atom. The predicted octanol–water partition coefficient (Wildman–Crippen LogP) is 4.40. The summed E-state index contributed by atoms with van der Waals surface area (Å²) >= 11 is 1.57. The summed E-state index contributed by atoms with van der Waals surface area (Å²) < 4.78 is 11.2. The van der Waals surface area contributed by atoms with Gasteiger partial charge in [-0.2, -0.15) is 0 Å². The quantitative estimate of drug-likeness (QED) is 0.505. The van der Waals surface area contributed by atoms with E-state index in [4.69, 9.17) is 15.2 Å². The number of amides is 1. The Hall–Kier alpha value is -2.54. The molecule has 28 heavy (non-hydrogen) atoms. The van der Waals surface area contributed by atoms with Crippen molar-refractivity contribution in [3.63, 3.8) is 0 Å². The van der Waals surface area contributed by atoms with E-state index in [9.17, 15) is 4.79 Å². The number of primary amides is 1. The molecule has 0 atom stereocenters. The third-order valence-corrected chi connectivity index (χ3v) is 4.99. The summed E-state index contributed by atoms with van der Waals surface area (Å²) in [5.41, 5.74) is 7.01. The van der Waals surface area contributed by atoms with Crippen LogP contribution in [0.3, 0.4) is 0 Å². The minimum atomic E-state index is -0.500. The van der Waals surface area contributed by atoms with Crippen molar-refractivity contribution in [2.24, 2.45) is 5.73 Å². The molecule has 3 N–H and O–H groups in total. The fourth-order valence-electron chi connectivity index (χ4n) is 2.61. The number of ether oxygens (including phenoxy) is 2. The number of nitrogens with one attached hydrogen (secondary N) is 1. The number of thiophene rings is 1. The Morgan fingerprint density at radius 1 is 1.07 bits per heavy atom. The highest BCUT2D eigenvalue weighted by Gasteiger charge is 2.11. The van der Waals surface area contributed by atoms with E-state index in [-0.39, 0.29) is 12.4 Å². The first-order valence-electron chi connectivity index (χ1n) is 8.65. The molecule has 3 rings (SSSR count). The molecule has 0 unspecified atom stereocenters. The van der Waals surface area contributed by atoms with Crippen LogP contribution in [0.1, 0.15) is 20.8 Å². The van der Waals surface area contributed by atoms with E-state index < -0.39 is 5.91 Å². The van der Waals surface area contributed by atoms with Gasteiger partial charge in [0.15, 0.2) is 16.6 Å². The molecule has 0 saturated carbocycles. The highest BCUT2D eigenvalue weighted by molar-refractivity contribution is 7.13. The van der Waals surface area contributed by atoms with Crippen molar-refractivity contribution in [1.29, 1.82) is 0 Å². The molecular formula is C21H23ClN2O3S. The van der Waals surface area contributed by atoms with Crippen LogP contribution in [0.2, 0.25) is 0 Å². The van der Waals surface area contributed by atoms with Crippen molar-refractivity contribution in [3.8, 4) is 16.6 Å². The van der Waals surface area contributed by atoms with E-state index in [0.29, 0.717) is 17.1 Å². The van der Waals surface area contributed by atoms with Crippen molar-refractivity contribution >= 4 is 29.7 Å². The van der Waals surface area contributed by atoms with Crippen LogP contribution in [0.25, 0.3) is 0 Å². The Morgan fingerprint density at radius 3 is 2.57 bits per heavy atom. The van der Waals surface area contributed by atoms with Crippen molar-refractivity contribution in [2.45, 2.75) is 13.0 Å². The lowest BCUT2D eigenvalue weighted by Gasteiger charge is -2.09. The van der Waals surface area contributed by atoms with E-state index in [1.807, 2.05) is 18.2 Å². The number of hydrogen-bond acceptors (Lipinski definition) is 5. The van der Waals surface area contributed by atoms with E-state index in [1.165, 1.54) is 17.6 Å². The monoisotopic (exact) mass is 418 g/mol. The summed E-state index contributed by atoms with van der Waals surface area (Å²) in [6.07, 6.45) is 0.999. The molecule has 0 bridgehead atoms. The Kier molecular flexibility index (Phi) is 8.32. The molecule has 0 aliphatic carbocycles. The van der Waals surface area contributed by atoms with Crippen LogP contribution < -0.4 is 20.5 Å². The van der Waals surface area contributed by atoms with Gasteiger partial charge in [0.25, 0.3) is 0 Å². The fraction of sp³-hybridized carbons (Fsp3) is 0.190. The maximum Gasteiger partial charge on any atom is 0.248 e. The van der Waals surface area contributed by atoms with Gasteiger partial charge in [0.2, 0.25) is 5.91 Å². The molecule has 2 aromatic carbocycles. The second-order valence-electron chi connectivity index (χ2n) is 5.97. The summed E-state index contributed by atoms with van der Waals surface area (Å²) in [5.74, 6) is 0.523. The van der Waals surface area contributed by atoms with Gasteiger partial charge in [-0.1, -0.05) is 30.3 Å². The summed E-state index contributed by atoms with van der Waals surface area (Å²) in [6.45, 7) is 1.71. The van der Waals surface area contributed by atoms with E-state index in [1.54, 1.807) is 29.5 Å². The number of methoxy groups -OCH3 is 1. The third kappa shape index (κ3) is 5.99. The first-order chi connectivity index (χ1) is 13.2. The molecule has 0 aliphatic rings. The molecule has 0 radical (unpaired) electrons. The number of halogens is 1. The average Bonchev–Trinajstić information content (AvgIpc) is 3.13. The van der Waals surface area contributed by atoms with Crippen LogP contribution in [0.4, 0.5) is 0 Å². The minimum absolute atomic E-state index is 0. The van der Waals surface area contributed by atoms with Crippen LogP contribution in [0.5, 0.6) is 16.6 Å². The van der Waals surface area contributed by atoms with Gasteiger partial charge in [-0.05, 0) is 48.9 Å². The Labute approximate surface area is 174 Å². The molecule has 0 saturated heterocycles. The van der Waals surface area contributed by atoms with Gasteiger partial charge in [0, 0.05) is 17.0 Å². The summed E-state index contributed by atoms with van der Waals surface area (Å²) in [4.78, 5) is 12.5. The lowest BCUT2D eigenvalue weighted by atomic mass is 10.1. The van der Waals surface area contributed by atoms with Gasteiger partial charge in [0.05, 0.1) is 7.11 Å². The largest absolute Gasteiger partial charge is 0.493 e. The van der Waals surface area contributed by atoms with Gasteiger partial charge in [-0.15, -0.1) is 23.7 Å². The molecule has 1 aromatic heterocycles. The number of hydrogen-bond donors (Lipinski definition) is 2. The Bertz CT molecular complexity index is 900. The maximum atomic E-state index is 11.3. The number of carbonyl (C=O) groups is 1. The maximum absolute atomic E-state index is 11.3. The van der Waals surface area contributed by atoms with Crippen LogP contribution in [-0.2, 0) is 13.0 Å². The highest BCUT2D eigenvalue weighted by atomic mass is 35.5. The molecule has 0 fully saturated rings. The number of benzene rings is 2. The Balaban J connectivity index is 0.00000280.